The van der Waals surface area contributed by atoms with Crippen LogP contribution in [0.15, 0.2) is 16.6 Å². The van der Waals surface area contributed by atoms with Crippen molar-refractivity contribution in [2.45, 2.75) is 6.18 Å². The molecule has 0 spiro atoms. The largest absolute Gasteiger partial charge is 0.433 e. The number of rotatable bonds is 1. The van der Waals surface area contributed by atoms with Crippen LogP contribution in [0.1, 0.15) is 5.69 Å². The third-order valence-electron chi connectivity index (χ3n) is 1.55. The van der Waals surface area contributed by atoms with Crippen LogP contribution in [-0.4, -0.2) is 16.3 Å². The van der Waals surface area contributed by atoms with Gasteiger partial charge in [-0.25, -0.2) is 9.78 Å². The Morgan fingerprint density at radius 3 is 2.61 bits per heavy atom. The minimum Gasteiger partial charge on any atom is -0.383 e. The molecule has 0 fully saturated rings. The quantitative estimate of drug-likeness (QED) is 0.766. The van der Waals surface area contributed by atoms with Crippen molar-refractivity contribution in [2.24, 2.45) is 5.73 Å². The molecule has 1 aromatic rings. The zero-order valence-electron chi connectivity index (χ0n) is 8.42. The molecule has 5 nitrogen and oxygen atoms in total. The number of hydrogen-bond acceptors (Lipinski definition) is 4. The SMILES string of the molecule is NC(=O)OC(=S)Nc1nc(C(F)(F)F)ccc1Br. The summed E-state index contributed by atoms with van der Waals surface area (Å²) in [5, 5.41) is 1.70. The van der Waals surface area contributed by atoms with Crippen LogP contribution in [-0.2, 0) is 10.9 Å². The third kappa shape index (κ3) is 4.11. The van der Waals surface area contributed by atoms with Crippen LogP contribution < -0.4 is 11.1 Å². The van der Waals surface area contributed by atoms with E-state index in [0.29, 0.717) is 0 Å². The van der Waals surface area contributed by atoms with Gasteiger partial charge in [0.2, 0.25) is 0 Å². The zero-order valence-corrected chi connectivity index (χ0v) is 10.8. The third-order valence-corrected chi connectivity index (χ3v) is 2.38. The fraction of sp³-hybridized carbons (Fsp3) is 0.125. The first kappa shape index (κ1) is 14.6. The molecule has 0 aromatic carbocycles. The van der Waals surface area contributed by atoms with Gasteiger partial charge in [0.15, 0.2) is 0 Å². The number of carbonyl (C=O) groups excluding carboxylic acids is 1. The maximum Gasteiger partial charge on any atom is 0.433 e. The Morgan fingerprint density at radius 1 is 1.50 bits per heavy atom. The highest BCUT2D eigenvalue weighted by Crippen LogP contribution is 2.31. The molecule has 0 atom stereocenters. The van der Waals surface area contributed by atoms with Crippen LogP contribution in [0.2, 0.25) is 0 Å². The van der Waals surface area contributed by atoms with E-state index in [9.17, 15) is 18.0 Å². The average molecular weight is 344 g/mol. The second-order valence-electron chi connectivity index (χ2n) is 2.86. The number of ether oxygens (including phenoxy) is 1. The van der Waals surface area contributed by atoms with Gasteiger partial charge in [0.1, 0.15) is 11.5 Å². The van der Waals surface area contributed by atoms with Crippen molar-refractivity contribution in [3.63, 3.8) is 0 Å². The minimum absolute atomic E-state index is 0.214. The molecule has 0 aliphatic rings. The number of nitrogens with one attached hydrogen (secondary N) is 1. The maximum atomic E-state index is 12.4. The van der Waals surface area contributed by atoms with E-state index < -0.39 is 23.1 Å². The van der Waals surface area contributed by atoms with Gasteiger partial charge in [0.05, 0.1) is 4.47 Å². The lowest BCUT2D eigenvalue weighted by atomic mass is 10.3. The molecule has 1 heterocycles. The molecule has 0 unspecified atom stereocenters. The van der Waals surface area contributed by atoms with Gasteiger partial charge in [-0.3, -0.25) is 5.32 Å². The molecule has 1 aromatic heterocycles. The summed E-state index contributed by atoms with van der Waals surface area (Å²) in [4.78, 5) is 13.7. The number of nitrogens with two attached hydrogens (primary N) is 1. The number of halogens is 4. The van der Waals surface area contributed by atoms with Crippen molar-refractivity contribution in [1.29, 1.82) is 0 Å². The topological polar surface area (TPSA) is 77.2 Å². The first-order valence-corrected chi connectivity index (χ1v) is 5.42. The average Bonchev–Trinajstić information content (AvgIpc) is 2.18. The maximum absolute atomic E-state index is 12.4. The molecule has 0 aliphatic heterocycles. The van der Waals surface area contributed by atoms with Crippen molar-refractivity contribution in [1.82, 2.24) is 4.98 Å². The van der Waals surface area contributed by atoms with Crippen molar-refractivity contribution in [2.75, 3.05) is 5.32 Å². The summed E-state index contributed by atoms with van der Waals surface area (Å²) in [5.74, 6) is -0.240. The van der Waals surface area contributed by atoms with Crippen LogP contribution in [0.25, 0.3) is 0 Å². The lowest BCUT2D eigenvalue weighted by molar-refractivity contribution is -0.141. The van der Waals surface area contributed by atoms with Crippen molar-refractivity contribution in [3.05, 3.63) is 22.3 Å². The first-order valence-electron chi connectivity index (χ1n) is 4.22. The fourth-order valence-corrected chi connectivity index (χ4v) is 1.40. The molecule has 10 heteroatoms. The second kappa shape index (κ2) is 5.48. The van der Waals surface area contributed by atoms with E-state index in [4.69, 9.17) is 0 Å². The molecule has 3 N–H and O–H groups in total. The normalized spacial score (nSPS) is 10.9. The molecule has 1 rings (SSSR count). The molecule has 0 radical (unpaired) electrons. The Kier molecular flexibility index (Phi) is 4.46. The van der Waals surface area contributed by atoms with Crippen LogP contribution >= 0.6 is 28.1 Å². The van der Waals surface area contributed by atoms with Gasteiger partial charge in [-0.05, 0) is 40.3 Å². The Labute approximate surface area is 113 Å². The lowest BCUT2D eigenvalue weighted by Crippen LogP contribution is -2.23. The number of aromatic nitrogens is 1. The fourth-order valence-electron chi connectivity index (χ4n) is 0.901. The number of alkyl halides is 3. The summed E-state index contributed by atoms with van der Waals surface area (Å²) in [6, 6.07) is 1.91. The van der Waals surface area contributed by atoms with Gasteiger partial charge in [-0.1, -0.05) is 0 Å². The first-order chi connectivity index (χ1) is 8.20. The van der Waals surface area contributed by atoms with Crippen LogP contribution in [0, 0.1) is 0 Å². The highest BCUT2D eigenvalue weighted by molar-refractivity contribution is 9.10. The predicted molar refractivity (Wildman–Crippen MR) is 63.8 cm³/mol. The Bertz CT molecular complexity index is 495. The van der Waals surface area contributed by atoms with Crippen molar-refractivity contribution >= 4 is 45.2 Å². The highest BCUT2D eigenvalue weighted by Gasteiger charge is 2.33. The van der Waals surface area contributed by atoms with E-state index in [-0.39, 0.29) is 10.3 Å². The summed E-state index contributed by atoms with van der Waals surface area (Å²) in [7, 11) is 0. The van der Waals surface area contributed by atoms with Crippen LogP contribution in [0.4, 0.5) is 23.8 Å². The number of pyridine rings is 1. The van der Waals surface area contributed by atoms with E-state index in [1.54, 1.807) is 0 Å². The lowest BCUT2D eigenvalue weighted by Gasteiger charge is -2.11. The van der Waals surface area contributed by atoms with Crippen LogP contribution in [0.3, 0.4) is 0 Å². The van der Waals surface area contributed by atoms with E-state index in [0.717, 1.165) is 12.1 Å². The van der Waals surface area contributed by atoms with Gasteiger partial charge < -0.3 is 10.5 Å². The summed E-state index contributed by atoms with van der Waals surface area (Å²) in [5.41, 5.74) is 3.57. The summed E-state index contributed by atoms with van der Waals surface area (Å²) in [6.07, 6.45) is -5.78. The standard InChI is InChI=1S/C8H5BrF3N3O2S/c9-3-1-2-4(8(10,11)12)14-5(3)15-7(18)17-6(13)16/h1-2H,(H2,13,16)(H,14,15,18). The molecule has 0 aliphatic carbocycles. The Morgan fingerprint density at radius 2 is 2.11 bits per heavy atom. The number of nitrogens with zero attached hydrogens (tertiary/aromatic N) is 1. The van der Waals surface area contributed by atoms with Gasteiger partial charge >= 0.3 is 12.3 Å². The Balaban J connectivity index is 2.95. The second-order valence-corrected chi connectivity index (χ2v) is 4.08. The molecule has 0 bridgehead atoms. The molecule has 18 heavy (non-hydrogen) atoms. The van der Waals surface area contributed by atoms with E-state index >= 15 is 0 Å². The monoisotopic (exact) mass is 343 g/mol. The number of anilines is 1. The molecular formula is C8H5BrF3N3O2S. The van der Waals surface area contributed by atoms with Gasteiger partial charge in [-0.2, -0.15) is 13.2 Å². The number of carbonyl (C=O) groups is 1. The number of thiocarbonyl (C=S) groups is 1. The number of amides is 1. The van der Waals surface area contributed by atoms with Crippen molar-refractivity contribution < 1.29 is 22.7 Å². The summed E-state index contributed by atoms with van der Waals surface area (Å²) in [6.45, 7) is 0. The van der Waals surface area contributed by atoms with Gasteiger partial charge in [0.25, 0.3) is 5.17 Å². The van der Waals surface area contributed by atoms with Crippen molar-refractivity contribution in [3.8, 4) is 0 Å². The molecule has 0 saturated heterocycles. The summed E-state index contributed by atoms with van der Waals surface area (Å²) < 4.78 is 41.7. The van der Waals surface area contributed by atoms with E-state index in [1.807, 2.05) is 0 Å². The van der Waals surface area contributed by atoms with Gasteiger partial charge in [0, 0.05) is 0 Å². The molecule has 1 amide bonds. The predicted octanol–water partition coefficient (Wildman–Crippen LogP) is 2.66. The summed E-state index contributed by atoms with van der Waals surface area (Å²) >= 11 is 7.50. The number of primary amides is 1. The Hall–Kier alpha value is -1.42. The smallest absolute Gasteiger partial charge is 0.383 e. The highest BCUT2D eigenvalue weighted by atomic mass is 79.9. The molecule has 98 valence electrons. The molecular weight excluding hydrogens is 339 g/mol. The van der Waals surface area contributed by atoms with Crippen LogP contribution in [0.5, 0.6) is 0 Å². The zero-order chi connectivity index (χ0) is 13.9. The molecule has 0 saturated carbocycles. The van der Waals surface area contributed by atoms with E-state index in [2.05, 4.69) is 48.9 Å². The number of hydrogen-bond donors (Lipinski definition) is 2. The minimum atomic E-state index is -4.59. The van der Waals surface area contributed by atoms with Gasteiger partial charge in [-0.15, -0.1) is 0 Å². The van der Waals surface area contributed by atoms with E-state index in [1.165, 1.54) is 0 Å².